The van der Waals surface area contributed by atoms with E-state index in [4.69, 9.17) is 10.3 Å². The van der Waals surface area contributed by atoms with E-state index in [1.165, 1.54) is 42.1 Å². The Hall–Kier alpha value is -1.96. The second-order valence-electron chi connectivity index (χ2n) is 6.11. The van der Waals surface area contributed by atoms with Crippen LogP contribution in [-0.4, -0.2) is 32.1 Å². The molecule has 24 heavy (non-hydrogen) atoms. The summed E-state index contributed by atoms with van der Waals surface area (Å²) in [5.41, 5.74) is 0. The van der Waals surface area contributed by atoms with Crippen molar-refractivity contribution >= 4 is 17.7 Å². The summed E-state index contributed by atoms with van der Waals surface area (Å²) in [6, 6.07) is 3.82. The number of nitrogens with one attached hydrogen (secondary N) is 1. The second-order valence-corrected chi connectivity index (χ2v) is 7.42. The Morgan fingerprint density at radius 3 is 2.79 bits per heavy atom. The number of rotatable bonds is 5. The number of carbonyl (C=O) groups is 1. The Morgan fingerprint density at radius 1 is 1.38 bits per heavy atom. The maximum atomic E-state index is 12.4. The van der Waals surface area contributed by atoms with Crippen LogP contribution in [-0.2, 0) is 4.79 Å². The SMILES string of the molecule is C[C@@H](Sc1nnc(-c2ccco2)n1N)C(=O)NC1CCCCCC1. The van der Waals surface area contributed by atoms with Crippen molar-refractivity contribution in [3.05, 3.63) is 18.4 Å². The average molecular weight is 349 g/mol. The normalized spacial score (nSPS) is 17.4. The Labute approximate surface area is 145 Å². The summed E-state index contributed by atoms with van der Waals surface area (Å²) in [5.74, 6) is 7.04. The molecule has 2 aromatic rings. The van der Waals surface area contributed by atoms with Crippen LogP contribution in [0.3, 0.4) is 0 Å². The van der Waals surface area contributed by atoms with E-state index in [1.54, 1.807) is 18.4 Å². The number of carbonyl (C=O) groups excluding carboxylic acids is 1. The third-order valence-electron chi connectivity index (χ3n) is 4.26. The van der Waals surface area contributed by atoms with Crippen LogP contribution in [0.5, 0.6) is 0 Å². The molecule has 0 saturated heterocycles. The van der Waals surface area contributed by atoms with Gasteiger partial charge in [0.25, 0.3) is 0 Å². The molecule has 130 valence electrons. The smallest absolute Gasteiger partial charge is 0.233 e. The van der Waals surface area contributed by atoms with Crippen LogP contribution < -0.4 is 11.2 Å². The fourth-order valence-corrected chi connectivity index (χ4v) is 3.66. The standard InChI is InChI=1S/C16H23N5O2S/c1-11(15(22)18-12-7-4-2-3-5-8-12)24-16-20-19-14(21(16)17)13-9-6-10-23-13/h6,9-12H,2-5,7-8,17H2,1H3,(H,18,22)/t11-/m1/s1. The van der Waals surface area contributed by atoms with Crippen molar-refractivity contribution < 1.29 is 9.21 Å². The van der Waals surface area contributed by atoms with E-state index in [-0.39, 0.29) is 17.2 Å². The highest BCUT2D eigenvalue weighted by molar-refractivity contribution is 8.00. The molecular formula is C16H23N5O2S. The number of furan rings is 1. The van der Waals surface area contributed by atoms with E-state index >= 15 is 0 Å². The van der Waals surface area contributed by atoms with Crippen LogP contribution in [0.15, 0.2) is 28.0 Å². The maximum absolute atomic E-state index is 12.4. The highest BCUT2D eigenvalue weighted by Gasteiger charge is 2.23. The summed E-state index contributed by atoms with van der Waals surface area (Å²) in [7, 11) is 0. The van der Waals surface area contributed by atoms with Crippen LogP contribution in [0, 0.1) is 0 Å². The third-order valence-corrected chi connectivity index (χ3v) is 5.32. The number of aromatic nitrogens is 3. The first-order chi connectivity index (χ1) is 11.6. The minimum Gasteiger partial charge on any atom is -0.461 e. The summed E-state index contributed by atoms with van der Waals surface area (Å²) in [4.78, 5) is 12.4. The molecule has 1 fully saturated rings. The van der Waals surface area contributed by atoms with Gasteiger partial charge in [-0.3, -0.25) is 4.79 Å². The van der Waals surface area contributed by atoms with Crippen molar-refractivity contribution in [2.24, 2.45) is 0 Å². The Kier molecular flexibility index (Phi) is 5.44. The zero-order valence-corrected chi connectivity index (χ0v) is 14.6. The summed E-state index contributed by atoms with van der Waals surface area (Å²) in [6.07, 6.45) is 8.61. The fraction of sp³-hybridized carbons (Fsp3) is 0.562. The van der Waals surface area contributed by atoms with Gasteiger partial charge in [-0.2, -0.15) is 0 Å². The Morgan fingerprint density at radius 2 is 2.12 bits per heavy atom. The topological polar surface area (TPSA) is 99.0 Å². The van der Waals surface area contributed by atoms with Gasteiger partial charge in [-0.25, -0.2) is 4.68 Å². The van der Waals surface area contributed by atoms with E-state index in [0.717, 1.165) is 12.8 Å². The molecule has 1 aliphatic carbocycles. The first-order valence-electron chi connectivity index (χ1n) is 8.36. The molecule has 3 N–H and O–H groups in total. The molecule has 7 nitrogen and oxygen atoms in total. The molecule has 0 bridgehead atoms. The molecule has 0 aromatic carbocycles. The highest BCUT2D eigenvalue weighted by Crippen LogP contribution is 2.25. The number of amides is 1. The molecule has 8 heteroatoms. The molecule has 1 atom stereocenters. The lowest BCUT2D eigenvalue weighted by molar-refractivity contribution is -0.121. The molecule has 0 radical (unpaired) electrons. The zero-order valence-electron chi connectivity index (χ0n) is 13.8. The van der Waals surface area contributed by atoms with Gasteiger partial charge in [0, 0.05) is 6.04 Å². The zero-order chi connectivity index (χ0) is 16.9. The summed E-state index contributed by atoms with van der Waals surface area (Å²) in [5, 5.41) is 11.5. The quantitative estimate of drug-likeness (QED) is 0.489. The van der Waals surface area contributed by atoms with Crippen molar-refractivity contribution in [2.45, 2.75) is 61.9 Å². The minimum absolute atomic E-state index is 0.0226. The number of nitrogens with zero attached hydrogens (tertiary/aromatic N) is 3. The van der Waals surface area contributed by atoms with Crippen LogP contribution in [0.4, 0.5) is 0 Å². The number of thioether (sulfide) groups is 1. The Balaban J connectivity index is 1.60. The van der Waals surface area contributed by atoms with E-state index in [0.29, 0.717) is 16.7 Å². The van der Waals surface area contributed by atoms with Gasteiger partial charge < -0.3 is 15.6 Å². The van der Waals surface area contributed by atoms with E-state index in [2.05, 4.69) is 15.5 Å². The van der Waals surface area contributed by atoms with Crippen LogP contribution in [0.25, 0.3) is 11.6 Å². The summed E-state index contributed by atoms with van der Waals surface area (Å²) >= 11 is 1.30. The molecule has 1 saturated carbocycles. The van der Waals surface area contributed by atoms with Gasteiger partial charge in [-0.15, -0.1) is 10.2 Å². The van der Waals surface area contributed by atoms with E-state index in [9.17, 15) is 4.79 Å². The first-order valence-corrected chi connectivity index (χ1v) is 9.24. The number of nitrogen functional groups attached to an aromatic ring is 1. The monoisotopic (exact) mass is 349 g/mol. The van der Waals surface area contributed by atoms with Crippen molar-refractivity contribution in [3.8, 4) is 11.6 Å². The minimum atomic E-state index is -0.288. The summed E-state index contributed by atoms with van der Waals surface area (Å²) in [6.45, 7) is 1.86. The summed E-state index contributed by atoms with van der Waals surface area (Å²) < 4.78 is 6.65. The molecule has 0 unspecified atom stereocenters. The molecule has 0 spiro atoms. The van der Waals surface area contributed by atoms with E-state index in [1.807, 2.05) is 6.92 Å². The lowest BCUT2D eigenvalue weighted by Crippen LogP contribution is -2.39. The van der Waals surface area contributed by atoms with Gasteiger partial charge in [0.2, 0.25) is 16.9 Å². The van der Waals surface area contributed by atoms with Gasteiger partial charge in [0.05, 0.1) is 11.5 Å². The van der Waals surface area contributed by atoms with Crippen molar-refractivity contribution in [3.63, 3.8) is 0 Å². The lowest BCUT2D eigenvalue weighted by atomic mass is 10.1. The van der Waals surface area contributed by atoms with Crippen LogP contribution >= 0.6 is 11.8 Å². The lowest BCUT2D eigenvalue weighted by Gasteiger charge is -2.18. The molecule has 3 rings (SSSR count). The molecule has 2 aromatic heterocycles. The number of hydrogen-bond donors (Lipinski definition) is 2. The Bertz CT molecular complexity index is 662. The van der Waals surface area contributed by atoms with Gasteiger partial charge in [0.1, 0.15) is 0 Å². The highest BCUT2D eigenvalue weighted by atomic mass is 32.2. The molecule has 1 amide bonds. The average Bonchev–Trinajstić information content (AvgIpc) is 3.13. The van der Waals surface area contributed by atoms with Crippen molar-refractivity contribution in [1.29, 1.82) is 0 Å². The fourth-order valence-electron chi connectivity index (χ4n) is 2.89. The third kappa shape index (κ3) is 3.92. The van der Waals surface area contributed by atoms with E-state index < -0.39 is 0 Å². The maximum Gasteiger partial charge on any atom is 0.233 e. The van der Waals surface area contributed by atoms with Crippen LogP contribution in [0.1, 0.15) is 45.4 Å². The van der Waals surface area contributed by atoms with Gasteiger partial charge in [-0.05, 0) is 31.9 Å². The van der Waals surface area contributed by atoms with Crippen molar-refractivity contribution in [2.75, 3.05) is 5.84 Å². The molecule has 1 aliphatic rings. The van der Waals surface area contributed by atoms with Crippen molar-refractivity contribution in [1.82, 2.24) is 20.2 Å². The molecule has 0 aliphatic heterocycles. The van der Waals surface area contributed by atoms with Gasteiger partial charge in [-0.1, -0.05) is 37.4 Å². The van der Waals surface area contributed by atoms with Crippen LogP contribution in [0.2, 0.25) is 0 Å². The predicted octanol–water partition coefficient (Wildman–Crippen LogP) is 2.57. The largest absolute Gasteiger partial charge is 0.461 e. The number of nitrogens with two attached hydrogens (primary N) is 1. The van der Waals surface area contributed by atoms with Gasteiger partial charge in [0.15, 0.2) is 5.76 Å². The molecular weight excluding hydrogens is 326 g/mol. The van der Waals surface area contributed by atoms with Gasteiger partial charge >= 0.3 is 0 Å². The second kappa shape index (κ2) is 7.74. The molecule has 2 heterocycles. The first kappa shape index (κ1) is 16.9. The number of hydrogen-bond acceptors (Lipinski definition) is 6. The predicted molar refractivity (Wildman–Crippen MR) is 92.8 cm³/mol.